The summed E-state index contributed by atoms with van der Waals surface area (Å²) in [4.78, 5) is 2.44. The monoisotopic (exact) mass is 248 g/mol. The lowest BCUT2D eigenvalue weighted by Crippen LogP contribution is -2.67. The summed E-state index contributed by atoms with van der Waals surface area (Å²) in [5, 5.41) is 0. The fourth-order valence-corrected chi connectivity index (χ4v) is 2.74. The predicted molar refractivity (Wildman–Crippen MR) is 75.0 cm³/mol. The van der Waals surface area contributed by atoms with Gasteiger partial charge in [0.1, 0.15) is 5.75 Å². The van der Waals surface area contributed by atoms with E-state index in [4.69, 9.17) is 10.5 Å². The first-order chi connectivity index (χ1) is 8.65. The minimum Gasteiger partial charge on any atom is -0.497 e. The number of nitrogens with two attached hydrogens (primary N) is 1. The van der Waals surface area contributed by atoms with Crippen molar-refractivity contribution in [2.24, 2.45) is 5.73 Å². The molecule has 0 aliphatic carbocycles. The van der Waals surface area contributed by atoms with Gasteiger partial charge in [0.25, 0.3) is 0 Å². The second-order valence-corrected chi connectivity index (χ2v) is 5.42. The molecule has 3 nitrogen and oxygen atoms in total. The maximum atomic E-state index is 6.25. The van der Waals surface area contributed by atoms with Crippen molar-refractivity contribution in [3.63, 3.8) is 0 Å². The van der Waals surface area contributed by atoms with Crippen LogP contribution in [-0.2, 0) is 6.42 Å². The van der Waals surface area contributed by atoms with Crippen LogP contribution in [0.1, 0.15) is 25.3 Å². The molecule has 0 aromatic heterocycles. The number of likely N-dealkylation sites (tertiary alicyclic amines) is 1. The van der Waals surface area contributed by atoms with Gasteiger partial charge in [0.2, 0.25) is 0 Å². The molecule has 0 radical (unpaired) electrons. The summed E-state index contributed by atoms with van der Waals surface area (Å²) in [6.45, 7) is 5.41. The smallest absolute Gasteiger partial charge is 0.118 e. The minimum absolute atomic E-state index is 0.0919. The molecule has 1 saturated heterocycles. The van der Waals surface area contributed by atoms with Crippen LogP contribution in [0.25, 0.3) is 0 Å². The van der Waals surface area contributed by atoms with Gasteiger partial charge in [-0.1, -0.05) is 25.5 Å². The van der Waals surface area contributed by atoms with Crippen LogP contribution in [0.15, 0.2) is 24.3 Å². The minimum atomic E-state index is 0.0919. The highest BCUT2D eigenvalue weighted by atomic mass is 16.5. The number of methoxy groups -OCH3 is 1. The normalized spacial score (nSPS) is 18.4. The molecule has 18 heavy (non-hydrogen) atoms. The van der Waals surface area contributed by atoms with E-state index in [-0.39, 0.29) is 5.54 Å². The van der Waals surface area contributed by atoms with Crippen LogP contribution in [0.4, 0.5) is 0 Å². The third-order valence-corrected chi connectivity index (χ3v) is 3.70. The van der Waals surface area contributed by atoms with Crippen molar-refractivity contribution in [2.75, 3.05) is 26.7 Å². The molecular weight excluding hydrogens is 224 g/mol. The molecule has 100 valence electrons. The lowest BCUT2D eigenvalue weighted by Gasteiger charge is -2.48. The number of rotatable bonds is 6. The molecule has 1 aromatic carbocycles. The fourth-order valence-electron chi connectivity index (χ4n) is 2.74. The van der Waals surface area contributed by atoms with Gasteiger partial charge in [-0.2, -0.15) is 0 Å². The largest absolute Gasteiger partial charge is 0.497 e. The molecule has 0 saturated carbocycles. The Morgan fingerprint density at radius 1 is 1.28 bits per heavy atom. The van der Waals surface area contributed by atoms with E-state index in [0.29, 0.717) is 0 Å². The Kier molecular flexibility index (Phi) is 4.25. The molecule has 0 atom stereocenters. The highest BCUT2D eigenvalue weighted by molar-refractivity contribution is 5.27. The van der Waals surface area contributed by atoms with Gasteiger partial charge in [0.15, 0.2) is 0 Å². The SMILES string of the molecule is CCCC1(N)CN(CCc2ccc(OC)cc2)C1. The van der Waals surface area contributed by atoms with E-state index in [1.807, 2.05) is 12.1 Å². The van der Waals surface area contributed by atoms with Crippen molar-refractivity contribution in [2.45, 2.75) is 31.7 Å². The van der Waals surface area contributed by atoms with Crippen LogP contribution in [0.3, 0.4) is 0 Å². The molecule has 0 bridgehead atoms. The molecule has 1 aliphatic rings. The van der Waals surface area contributed by atoms with Crippen molar-refractivity contribution in [1.82, 2.24) is 4.90 Å². The number of hydrogen-bond acceptors (Lipinski definition) is 3. The zero-order valence-electron chi connectivity index (χ0n) is 11.5. The zero-order valence-corrected chi connectivity index (χ0v) is 11.5. The third kappa shape index (κ3) is 3.24. The zero-order chi connectivity index (χ0) is 13.0. The summed E-state index contributed by atoms with van der Waals surface area (Å²) in [5.41, 5.74) is 7.71. The summed E-state index contributed by atoms with van der Waals surface area (Å²) in [5.74, 6) is 0.923. The average molecular weight is 248 g/mol. The quantitative estimate of drug-likeness (QED) is 0.837. The topological polar surface area (TPSA) is 38.5 Å². The second-order valence-electron chi connectivity index (χ2n) is 5.42. The molecule has 2 N–H and O–H groups in total. The van der Waals surface area contributed by atoms with Crippen molar-refractivity contribution in [1.29, 1.82) is 0 Å². The highest BCUT2D eigenvalue weighted by Crippen LogP contribution is 2.23. The summed E-state index contributed by atoms with van der Waals surface area (Å²) in [7, 11) is 1.70. The molecule has 0 amide bonds. The molecule has 1 heterocycles. The van der Waals surface area contributed by atoms with Gasteiger partial charge in [-0.25, -0.2) is 0 Å². The molecule has 1 aromatic rings. The van der Waals surface area contributed by atoms with Crippen molar-refractivity contribution in [3.8, 4) is 5.75 Å². The van der Waals surface area contributed by atoms with Gasteiger partial charge in [0, 0.05) is 25.2 Å². The molecule has 3 heteroatoms. The van der Waals surface area contributed by atoms with Crippen LogP contribution in [0.5, 0.6) is 5.75 Å². The van der Waals surface area contributed by atoms with Crippen LogP contribution >= 0.6 is 0 Å². The third-order valence-electron chi connectivity index (χ3n) is 3.70. The first kappa shape index (κ1) is 13.4. The Labute approximate surface area is 110 Å². The van der Waals surface area contributed by atoms with E-state index in [1.165, 1.54) is 12.0 Å². The highest BCUT2D eigenvalue weighted by Gasteiger charge is 2.37. The second kappa shape index (κ2) is 5.72. The number of ether oxygens (including phenoxy) is 1. The number of nitrogens with zero attached hydrogens (tertiary/aromatic N) is 1. The van der Waals surface area contributed by atoms with Gasteiger partial charge in [-0.3, -0.25) is 4.90 Å². The summed E-state index contributed by atoms with van der Waals surface area (Å²) in [6.07, 6.45) is 3.42. The lowest BCUT2D eigenvalue weighted by atomic mass is 9.86. The van der Waals surface area contributed by atoms with Crippen molar-refractivity contribution >= 4 is 0 Å². The van der Waals surface area contributed by atoms with E-state index in [0.717, 1.165) is 38.2 Å². The first-order valence-electron chi connectivity index (χ1n) is 6.79. The molecule has 1 fully saturated rings. The molecule has 0 unspecified atom stereocenters. The Morgan fingerprint density at radius 2 is 1.94 bits per heavy atom. The number of hydrogen-bond donors (Lipinski definition) is 1. The van der Waals surface area contributed by atoms with E-state index in [9.17, 15) is 0 Å². The van der Waals surface area contributed by atoms with Gasteiger partial charge in [-0.05, 0) is 30.5 Å². The Morgan fingerprint density at radius 3 is 2.50 bits per heavy atom. The van der Waals surface area contributed by atoms with Gasteiger partial charge >= 0.3 is 0 Å². The van der Waals surface area contributed by atoms with Crippen LogP contribution in [-0.4, -0.2) is 37.2 Å². The van der Waals surface area contributed by atoms with Crippen LogP contribution in [0, 0.1) is 0 Å². The van der Waals surface area contributed by atoms with Crippen molar-refractivity contribution in [3.05, 3.63) is 29.8 Å². The average Bonchev–Trinajstić information content (AvgIpc) is 2.35. The maximum absolute atomic E-state index is 6.25. The van der Waals surface area contributed by atoms with Gasteiger partial charge in [0.05, 0.1) is 7.11 Å². The summed E-state index contributed by atoms with van der Waals surface area (Å²) in [6, 6.07) is 8.33. The fraction of sp³-hybridized carbons (Fsp3) is 0.600. The molecular formula is C15H24N2O. The Bertz CT molecular complexity index is 369. The standard InChI is InChI=1S/C15H24N2O/c1-3-9-15(16)11-17(12-15)10-8-13-4-6-14(18-2)7-5-13/h4-7H,3,8-12,16H2,1-2H3. The van der Waals surface area contributed by atoms with E-state index in [2.05, 4.69) is 24.0 Å². The molecule has 2 rings (SSSR count). The van der Waals surface area contributed by atoms with E-state index >= 15 is 0 Å². The van der Waals surface area contributed by atoms with Gasteiger partial charge in [-0.15, -0.1) is 0 Å². The predicted octanol–water partition coefficient (Wildman–Crippen LogP) is 2.05. The van der Waals surface area contributed by atoms with Crippen LogP contribution in [0.2, 0.25) is 0 Å². The van der Waals surface area contributed by atoms with Gasteiger partial charge < -0.3 is 10.5 Å². The van der Waals surface area contributed by atoms with E-state index < -0.39 is 0 Å². The Hall–Kier alpha value is -1.06. The van der Waals surface area contributed by atoms with E-state index in [1.54, 1.807) is 7.11 Å². The van der Waals surface area contributed by atoms with Crippen molar-refractivity contribution < 1.29 is 4.74 Å². The lowest BCUT2D eigenvalue weighted by molar-refractivity contribution is 0.0652. The summed E-state index contributed by atoms with van der Waals surface area (Å²) < 4.78 is 5.15. The number of benzene rings is 1. The molecule has 0 spiro atoms. The summed E-state index contributed by atoms with van der Waals surface area (Å²) >= 11 is 0. The van der Waals surface area contributed by atoms with Crippen LogP contribution < -0.4 is 10.5 Å². The Balaban J connectivity index is 1.73. The molecule has 1 aliphatic heterocycles. The first-order valence-corrected chi connectivity index (χ1v) is 6.79. The maximum Gasteiger partial charge on any atom is 0.118 e.